The highest BCUT2D eigenvalue weighted by atomic mass is 19.1. The van der Waals surface area contributed by atoms with Crippen molar-refractivity contribution in [2.75, 3.05) is 6.61 Å². The molecule has 0 spiro atoms. The molecule has 100 valence electrons. The number of aromatic hydroxyl groups is 1. The lowest BCUT2D eigenvalue weighted by molar-refractivity contribution is 0.0914. The molecule has 0 radical (unpaired) electrons. The van der Waals surface area contributed by atoms with Crippen molar-refractivity contribution >= 4 is 5.91 Å². The second-order valence-electron chi connectivity index (χ2n) is 4.50. The molecule has 1 aromatic carbocycles. The largest absolute Gasteiger partial charge is 0.507 e. The fraction of sp³-hybridized carbons (Fsp3) is 0.462. The van der Waals surface area contributed by atoms with E-state index in [1.165, 1.54) is 6.07 Å². The van der Waals surface area contributed by atoms with Crippen LogP contribution in [0, 0.1) is 11.7 Å². The van der Waals surface area contributed by atoms with Crippen LogP contribution in [0.15, 0.2) is 18.2 Å². The van der Waals surface area contributed by atoms with Crippen LogP contribution >= 0.6 is 0 Å². The van der Waals surface area contributed by atoms with E-state index in [1.54, 1.807) is 0 Å². The zero-order chi connectivity index (χ0) is 13.7. The fourth-order valence-electron chi connectivity index (χ4n) is 1.65. The van der Waals surface area contributed by atoms with Crippen LogP contribution in [0.4, 0.5) is 4.39 Å². The maximum atomic E-state index is 12.8. The minimum atomic E-state index is -0.597. The Morgan fingerprint density at radius 1 is 1.44 bits per heavy atom. The molecule has 18 heavy (non-hydrogen) atoms. The summed E-state index contributed by atoms with van der Waals surface area (Å²) in [6, 6.07) is 3.05. The SMILES string of the molecule is CC(C)C(CCO)NC(=O)c1ccc(F)cc1O. The fourth-order valence-corrected chi connectivity index (χ4v) is 1.65. The van der Waals surface area contributed by atoms with Gasteiger partial charge in [0.2, 0.25) is 0 Å². The zero-order valence-corrected chi connectivity index (χ0v) is 10.5. The number of hydrogen-bond donors (Lipinski definition) is 3. The molecule has 4 nitrogen and oxygen atoms in total. The van der Waals surface area contributed by atoms with E-state index in [0.29, 0.717) is 6.42 Å². The molecule has 1 unspecified atom stereocenters. The number of halogens is 1. The van der Waals surface area contributed by atoms with E-state index in [9.17, 15) is 14.3 Å². The van der Waals surface area contributed by atoms with Gasteiger partial charge in [0, 0.05) is 18.7 Å². The second kappa shape index (κ2) is 6.35. The second-order valence-corrected chi connectivity index (χ2v) is 4.50. The number of nitrogens with one attached hydrogen (secondary N) is 1. The van der Waals surface area contributed by atoms with Gasteiger partial charge in [-0.3, -0.25) is 4.79 Å². The van der Waals surface area contributed by atoms with Crippen molar-refractivity contribution in [2.45, 2.75) is 26.3 Å². The van der Waals surface area contributed by atoms with Crippen LogP contribution in [0.2, 0.25) is 0 Å². The third-order valence-electron chi connectivity index (χ3n) is 2.77. The van der Waals surface area contributed by atoms with Crippen molar-refractivity contribution in [3.05, 3.63) is 29.6 Å². The summed E-state index contributed by atoms with van der Waals surface area (Å²) < 4.78 is 12.8. The van der Waals surface area contributed by atoms with Gasteiger partial charge in [0.1, 0.15) is 11.6 Å². The molecule has 1 aromatic rings. The lowest BCUT2D eigenvalue weighted by Gasteiger charge is -2.21. The van der Waals surface area contributed by atoms with Crippen LogP contribution in [0.25, 0.3) is 0 Å². The van der Waals surface area contributed by atoms with Crippen LogP contribution in [0.5, 0.6) is 5.75 Å². The van der Waals surface area contributed by atoms with Gasteiger partial charge in [-0.1, -0.05) is 13.8 Å². The summed E-state index contributed by atoms with van der Waals surface area (Å²) in [4.78, 5) is 11.9. The van der Waals surface area contributed by atoms with E-state index >= 15 is 0 Å². The normalized spacial score (nSPS) is 12.5. The molecular formula is C13H18FNO3. The Morgan fingerprint density at radius 3 is 2.61 bits per heavy atom. The van der Waals surface area contributed by atoms with Gasteiger partial charge in [0.25, 0.3) is 5.91 Å². The monoisotopic (exact) mass is 255 g/mol. The Balaban J connectivity index is 2.80. The van der Waals surface area contributed by atoms with Crippen molar-refractivity contribution < 1.29 is 19.4 Å². The van der Waals surface area contributed by atoms with Crippen molar-refractivity contribution in [3.63, 3.8) is 0 Å². The molecule has 0 aliphatic rings. The van der Waals surface area contributed by atoms with Gasteiger partial charge in [-0.2, -0.15) is 0 Å². The van der Waals surface area contributed by atoms with Crippen molar-refractivity contribution in [1.29, 1.82) is 0 Å². The number of hydrogen-bond acceptors (Lipinski definition) is 3. The molecule has 1 amide bonds. The summed E-state index contributed by atoms with van der Waals surface area (Å²) in [5.41, 5.74) is 0.0278. The molecule has 0 aromatic heterocycles. The highest BCUT2D eigenvalue weighted by Gasteiger charge is 2.18. The quantitative estimate of drug-likeness (QED) is 0.749. The lowest BCUT2D eigenvalue weighted by Crippen LogP contribution is -2.39. The van der Waals surface area contributed by atoms with E-state index in [0.717, 1.165) is 12.1 Å². The predicted molar refractivity (Wildman–Crippen MR) is 65.9 cm³/mol. The molecule has 0 aliphatic heterocycles. The molecule has 1 atom stereocenters. The van der Waals surface area contributed by atoms with E-state index < -0.39 is 11.7 Å². The van der Waals surface area contributed by atoms with Crippen molar-refractivity contribution in [2.24, 2.45) is 5.92 Å². The summed E-state index contributed by atoms with van der Waals surface area (Å²) in [5, 5.41) is 21.1. The molecule has 0 bridgehead atoms. The number of phenolic OH excluding ortho intramolecular Hbond substituents is 1. The Hall–Kier alpha value is -1.62. The minimum absolute atomic E-state index is 0.0278. The molecule has 1 rings (SSSR count). The predicted octanol–water partition coefficient (Wildman–Crippen LogP) is 1.67. The van der Waals surface area contributed by atoms with Crippen LogP contribution in [0.3, 0.4) is 0 Å². The number of amides is 1. The van der Waals surface area contributed by atoms with Gasteiger partial charge < -0.3 is 15.5 Å². The van der Waals surface area contributed by atoms with Crippen LogP contribution in [-0.2, 0) is 0 Å². The van der Waals surface area contributed by atoms with Gasteiger partial charge in [-0.25, -0.2) is 4.39 Å². The molecular weight excluding hydrogens is 237 g/mol. The number of carbonyl (C=O) groups is 1. The van der Waals surface area contributed by atoms with Crippen LogP contribution in [-0.4, -0.2) is 28.8 Å². The summed E-state index contributed by atoms with van der Waals surface area (Å²) in [7, 11) is 0. The maximum Gasteiger partial charge on any atom is 0.255 e. The summed E-state index contributed by atoms with van der Waals surface area (Å²) in [6.45, 7) is 3.81. The first kappa shape index (κ1) is 14.4. The lowest BCUT2D eigenvalue weighted by atomic mass is 10.0. The van der Waals surface area contributed by atoms with Crippen molar-refractivity contribution in [3.8, 4) is 5.75 Å². The summed E-state index contributed by atoms with van der Waals surface area (Å²) in [6.07, 6.45) is 0.436. The number of phenols is 1. The van der Waals surface area contributed by atoms with Gasteiger partial charge in [0.15, 0.2) is 0 Å². The van der Waals surface area contributed by atoms with E-state index in [2.05, 4.69) is 5.32 Å². The average molecular weight is 255 g/mol. The topological polar surface area (TPSA) is 69.6 Å². The number of carbonyl (C=O) groups excluding carboxylic acids is 1. The Labute approximate surface area is 105 Å². The third kappa shape index (κ3) is 3.70. The first-order valence-electron chi connectivity index (χ1n) is 5.86. The summed E-state index contributed by atoms with van der Waals surface area (Å²) >= 11 is 0. The molecule has 0 saturated carbocycles. The smallest absolute Gasteiger partial charge is 0.255 e. The molecule has 0 aliphatic carbocycles. The number of aliphatic hydroxyl groups is 1. The van der Waals surface area contributed by atoms with E-state index in [1.807, 2.05) is 13.8 Å². The average Bonchev–Trinajstić information content (AvgIpc) is 2.27. The van der Waals surface area contributed by atoms with Crippen LogP contribution < -0.4 is 5.32 Å². The number of aliphatic hydroxyl groups excluding tert-OH is 1. The highest BCUT2D eigenvalue weighted by molar-refractivity contribution is 5.96. The highest BCUT2D eigenvalue weighted by Crippen LogP contribution is 2.18. The zero-order valence-electron chi connectivity index (χ0n) is 10.5. The standard InChI is InChI=1S/C13H18FNO3/c1-8(2)11(5-6-16)15-13(18)10-4-3-9(14)7-12(10)17/h3-4,7-8,11,16-17H,5-6H2,1-2H3,(H,15,18). The number of rotatable bonds is 5. The van der Waals surface area contributed by atoms with Crippen molar-refractivity contribution in [1.82, 2.24) is 5.32 Å². The minimum Gasteiger partial charge on any atom is -0.507 e. The molecule has 3 N–H and O–H groups in total. The van der Waals surface area contributed by atoms with E-state index in [4.69, 9.17) is 5.11 Å². The van der Waals surface area contributed by atoms with Crippen LogP contribution in [0.1, 0.15) is 30.6 Å². The van der Waals surface area contributed by atoms with Gasteiger partial charge in [0.05, 0.1) is 5.56 Å². The van der Waals surface area contributed by atoms with Gasteiger partial charge in [-0.15, -0.1) is 0 Å². The number of benzene rings is 1. The molecule has 0 fully saturated rings. The molecule has 5 heteroatoms. The summed E-state index contributed by atoms with van der Waals surface area (Å²) in [5.74, 6) is -1.30. The third-order valence-corrected chi connectivity index (χ3v) is 2.77. The Bertz CT molecular complexity index is 421. The van der Waals surface area contributed by atoms with E-state index in [-0.39, 0.29) is 29.9 Å². The molecule has 0 heterocycles. The van der Waals surface area contributed by atoms with Gasteiger partial charge >= 0.3 is 0 Å². The first-order valence-corrected chi connectivity index (χ1v) is 5.86. The maximum absolute atomic E-state index is 12.8. The molecule has 0 saturated heterocycles. The first-order chi connectivity index (χ1) is 8.45. The Morgan fingerprint density at radius 2 is 2.11 bits per heavy atom. The Kier molecular flexibility index (Phi) is 5.09. The van der Waals surface area contributed by atoms with Gasteiger partial charge in [-0.05, 0) is 24.5 Å².